The van der Waals surface area contributed by atoms with Crippen LogP contribution >= 0.6 is 0 Å². The number of aryl methyl sites for hydroxylation is 1. The van der Waals surface area contributed by atoms with Crippen molar-refractivity contribution in [3.05, 3.63) is 46.8 Å². The zero-order valence-electron chi connectivity index (χ0n) is 12.9. The molecule has 5 nitrogen and oxygen atoms in total. The van der Waals surface area contributed by atoms with E-state index in [0.717, 1.165) is 41.8 Å². The Hall–Kier alpha value is -2.30. The predicted molar refractivity (Wildman–Crippen MR) is 87.0 cm³/mol. The van der Waals surface area contributed by atoms with Gasteiger partial charge >= 0.3 is 0 Å². The van der Waals surface area contributed by atoms with Crippen LogP contribution in [0.4, 0.5) is 5.69 Å². The number of carbonyl (C=O) groups is 1. The lowest BCUT2D eigenvalue weighted by Crippen LogP contribution is -2.24. The van der Waals surface area contributed by atoms with Crippen LogP contribution in [0.25, 0.3) is 0 Å². The van der Waals surface area contributed by atoms with E-state index in [1.807, 2.05) is 31.3 Å². The molecule has 22 heavy (non-hydrogen) atoms. The van der Waals surface area contributed by atoms with E-state index >= 15 is 0 Å². The zero-order chi connectivity index (χ0) is 15.4. The summed E-state index contributed by atoms with van der Waals surface area (Å²) in [4.78, 5) is 12.4. The summed E-state index contributed by atoms with van der Waals surface area (Å²) in [6.45, 7) is 0.518. The molecule has 3 N–H and O–H groups in total. The number of nitrogens with zero attached hydrogens (tertiary/aromatic N) is 1. The van der Waals surface area contributed by atoms with Gasteiger partial charge in [0.25, 0.3) is 5.91 Å². The smallest absolute Gasteiger partial charge is 0.272 e. The number of fused-ring (bicyclic) bond motifs is 1. The Balaban J connectivity index is 1.65. The highest BCUT2D eigenvalue weighted by Crippen LogP contribution is 2.21. The molecule has 0 radical (unpaired) electrons. The molecule has 1 aromatic heterocycles. The monoisotopic (exact) mass is 298 g/mol. The van der Waals surface area contributed by atoms with Crippen LogP contribution in [-0.2, 0) is 19.4 Å². The Kier molecular flexibility index (Phi) is 4.42. The van der Waals surface area contributed by atoms with Gasteiger partial charge in [-0.15, -0.1) is 0 Å². The van der Waals surface area contributed by atoms with E-state index in [4.69, 9.17) is 0 Å². The standard InChI is InChI=1S/C17H22N4O/c1-18-13-9-7-12(8-10-13)11-19-17(22)16-14-5-3-2-4-6-15(14)20-21-16/h7-10,18H,2-6,11H2,1H3,(H,19,22)(H,20,21). The van der Waals surface area contributed by atoms with Gasteiger partial charge in [-0.3, -0.25) is 9.89 Å². The molecule has 0 unspecified atom stereocenters. The fraction of sp³-hybridized carbons (Fsp3) is 0.412. The maximum Gasteiger partial charge on any atom is 0.272 e. The fourth-order valence-corrected chi connectivity index (χ4v) is 2.90. The molecule has 0 aliphatic heterocycles. The second kappa shape index (κ2) is 6.64. The lowest BCUT2D eigenvalue weighted by atomic mass is 10.1. The number of hydrogen-bond acceptors (Lipinski definition) is 3. The lowest BCUT2D eigenvalue weighted by Gasteiger charge is -2.06. The van der Waals surface area contributed by atoms with Crippen LogP contribution in [-0.4, -0.2) is 23.2 Å². The Labute approximate surface area is 130 Å². The van der Waals surface area contributed by atoms with Crippen molar-refractivity contribution in [3.8, 4) is 0 Å². The molecule has 1 heterocycles. The van der Waals surface area contributed by atoms with Crippen LogP contribution in [0.1, 0.15) is 46.6 Å². The van der Waals surface area contributed by atoms with Crippen molar-refractivity contribution < 1.29 is 4.79 Å². The molecule has 116 valence electrons. The third kappa shape index (κ3) is 3.13. The van der Waals surface area contributed by atoms with Crippen LogP contribution in [0, 0.1) is 0 Å². The van der Waals surface area contributed by atoms with E-state index in [9.17, 15) is 4.79 Å². The molecule has 0 atom stereocenters. The minimum Gasteiger partial charge on any atom is -0.388 e. The Morgan fingerprint density at radius 2 is 1.95 bits per heavy atom. The molecular weight excluding hydrogens is 276 g/mol. The van der Waals surface area contributed by atoms with Crippen LogP contribution in [0.15, 0.2) is 24.3 Å². The summed E-state index contributed by atoms with van der Waals surface area (Å²) in [5.74, 6) is -0.0860. The van der Waals surface area contributed by atoms with E-state index in [2.05, 4.69) is 20.8 Å². The summed E-state index contributed by atoms with van der Waals surface area (Å²) in [6.07, 6.45) is 5.49. The fourth-order valence-electron chi connectivity index (χ4n) is 2.90. The molecule has 0 fully saturated rings. The number of benzene rings is 1. The molecule has 0 spiro atoms. The van der Waals surface area contributed by atoms with Crippen LogP contribution in [0.3, 0.4) is 0 Å². The third-order valence-corrected chi connectivity index (χ3v) is 4.22. The van der Waals surface area contributed by atoms with E-state index in [1.54, 1.807) is 0 Å². The van der Waals surface area contributed by atoms with E-state index in [1.165, 1.54) is 12.8 Å². The van der Waals surface area contributed by atoms with Gasteiger partial charge in [0.1, 0.15) is 0 Å². The van der Waals surface area contributed by atoms with Gasteiger partial charge < -0.3 is 10.6 Å². The van der Waals surface area contributed by atoms with Gasteiger partial charge in [-0.05, 0) is 43.4 Å². The summed E-state index contributed by atoms with van der Waals surface area (Å²) in [6, 6.07) is 8.03. The molecule has 3 rings (SSSR count). The lowest BCUT2D eigenvalue weighted by molar-refractivity contribution is 0.0945. The number of nitrogens with one attached hydrogen (secondary N) is 3. The number of rotatable bonds is 4. The summed E-state index contributed by atoms with van der Waals surface area (Å²) in [7, 11) is 1.89. The van der Waals surface area contributed by atoms with E-state index in [0.29, 0.717) is 12.2 Å². The highest BCUT2D eigenvalue weighted by molar-refractivity contribution is 5.93. The van der Waals surface area contributed by atoms with Gasteiger partial charge in [0.15, 0.2) is 5.69 Å². The third-order valence-electron chi connectivity index (χ3n) is 4.22. The van der Waals surface area contributed by atoms with Crippen molar-refractivity contribution in [3.63, 3.8) is 0 Å². The Morgan fingerprint density at radius 3 is 2.73 bits per heavy atom. The van der Waals surface area contributed by atoms with E-state index in [-0.39, 0.29) is 5.91 Å². The van der Waals surface area contributed by atoms with Crippen molar-refractivity contribution in [2.75, 3.05) is 12.4 Å². The zero-order valence-corrected chi connectivity index (χ0v) is 12.9. The molecule has 0 saturated carbocycles. The Morgan fingerprint density at radius 1 is 1.18 bits per heavy atom. The van der Waals surface area contributed by atoms with Gasteiger partial charge in [0.05, 0.1) is 0 Å². The maximum absolute atomic E-state index is 12.4. The average molecular weight is 298 g/mol. The number of anilines is 1. The van der Waals surface area contributed by atoms with Crippen LogP contribution in [0.5, 0.6) is 0 Å². The number of amides is 1. The molecule has 1 amide bonds. The molecule has 0 saturated heterocycles. The minimum absolute atomic E-state index is 0.0860. The topological polar surface area (TPSA) is 69.8 Å². The van der Waals surface area contributed by atoms with Crippen molar-refractivity contribution in [1.29, 1.82) is 0 Å². The maximum atomic E-state index is 12.4. The molecule has 1 aliphatic carbocycles. The molecule has 5 heteroatoms. The molecule has 1 aliphatic rings. The van der Waals surface area contributed by atoms with Gasteiger partial charge in [-0.1, -0.05) is 18.6 Å². The van der Waals surface area contributed by atoms with Crippen molar-refractivity contribution in [2.24, 2.45) is 0 Å². The number of carbonyl (C=O) groups excluding carboxylic acids is 1. The number of aromatic nitrogens is 2. The first kappa shape index (κ1) is 14.6. The van der Waals surface area contributed by atoms with Crippen LogP contribution in [0.2, 0.25) is 0 Å². The van der Waals surface area contributed by atoms with Gasteiger partial charge in [0, 0.05) is 30.5 Å². The normalized spacial score (nSPS) is 14.0. The second-order valence-corrected chi connectivity index (χ2v) is 5.72. The van der Waals surface area contributed by atoms with Crippen molar-refractivity contribution >= 4 is 11.6 Å². The number of aromatic amines is 1. The summed E-state index contributed by atoms with van der Waals surface area (Å²) in [5.41, 5.74) is 4.96. The summed E-state index contributed by atoms with van der Waals surface area (Å²) < 4.78 is 0. The van der Waals surface area contributed by atoms with E-state index < -0.39 is 0 Å². The molecule has 0 bridgehead atoms. The first-order valence-electron chi connectivity index (χ1n) is 7.89. The second-order valence-electron chi connectivity index (χ2n) is 5.72. The average Bonchev–Trinajstić information content (AvgIpc) is 2.82. The molecule has 2 aromatic rings. The predicted octanol–water partition coefficient (Wildman–Crippen LogP) is 2.65. The summed E-state index contributed by atoms with van der Waals surface area (Å²) >= 11 is 0. The highest BCUT2D eigenvalue weighted by atomic mass is 16.1. The molecule has 1 aromatic carbocycles. The highest BCUT2D eigenvalue weighted by Gasteiger charge is 2.20. The quantitative estimate of drug-likeness (QED) is 0.760. The largest absolute Gasteiger partial charge is 0.388 e. The number of H-pyrrole nitrogens is 1. The summed E-state index contributed by atoms with van der Waals surface area (Å²) in [5, 5.41) is 13.3. The SMILES string of the molecule is CNc1ccc(CNC(=O)c2n[nH]c3c2CCCCC3)cc1. The number of hydrogen-bond donors (Lipinski definition) is 3. The van der Waals surface area contributed by atoms with Crippen molar-refractivity contribution in [1.82, 2.24) is 15.5 Å². The van der Waals surface area contributed by atoms with Gasteiger partial charge in [-0.25, -0.2) is 0 Å². The minimum atomic E-state index is -0.0860. The van der Waals surface area contributed by atoms with Crippen molar-refractivity contribution in [2.45, 2.75) is 38.6 Å². The van der Waals surface area contributed by atoms with Gasteiger partial charge in [-0.2, -0.15) is 5.10 Å². The molecular formula is C17H22N4O. The first-order chi connectivity index (χ1) is 10.8. The first-order valence-corrected chi connectivity index (χ1v) is 7.89. The Bertz CT molecular complexity index is 645. The van der Waals surface area contributed by atoms with Gasteiger partial charge in [0.2, 0.25) is 0 Å². The van der Waals surface area contributed by atoms with Crippen LogP contribution < -0.4 is 10.6 Å².